The van der Waals surface area contributed by atoms with Crippen LogP contribution >= 0.6 is 0 Å². The Hall–Kier alpha value is -1.58. The molecule has 14 heavy (non-hydrogen) atoms. The maximum absolute atomic E-state index is 5.74. The van der Waals surface area contributed by atoms with Crippen LogP contribution in [0.2, 0.25) is 0 Å². The summed E-state index contributed by atoms with van der Waals surface area (Å²) < 4.78 is 0. The van der Waals surface area contributed by atoms with Gasteiger partial charge in [-0.25, -0.2) is 9.97 Å². The van der Waals surface area contributed by atoms with Gasteiger partial charge in [0.05, 0.1) is 10.9 Å². The van der Waals surface area contributed by atoms with Crippen molar-refractivity contribution in [3.05, 3.63) is 18.2 Å². The van der Waals surface area contributed by atoms with Crippen LogP contribution in [0.15, 0.2) is 12.5 Å². The fourth-order valence-corrected chi connectivity index (χ4v) is 1.54. The maximum atomic E-state index is 5.74. The second-order valence-electron chi connectivity index (χ2n) is 4.43. The van der Waals surface area contributed by atoms with E-state index in [4.69, 9.17) is 5.73 Å². The van der Waals surface area contributed by atoms with Crippen LogP contribution in [0, 0.1) is 0 Å². The van der Waals surface area contributed by atoms with E-state index in [9.17, 15) is 0 Å². The molecule has 0 saturated carbocycles. The first kappa shape index (κ1) is 8.99. The van der Waals surface area contributed by atoms with Crippen molar-refractivity contribution in [2.24, 2.45) is 0 Å². The Bertz CT molecular complexity index is 464. The van der Waals surface area contributed by atoms with Gasteiger partial charge in [-0.2, -0.15) is 0 Å². The Morgan fingerprint density at radius 3 is 2.64 bits per heavy atom. The highest BCUT2D eigenvalue weighted by Crippen LogP contribution is 2.28. The van der Waals surface area contributed by atoms with E-state index in [1.807, 2.05) is 6.20 Å². The highest BCUT2D eigenvalue weighted by atomic mass is 14.9. The second kappa shape index (κ2) is 2.70. The second-order valence-corrected chi connectivity index (χ2v) is 4.43. The molecule has 0 atom stereocenters. The van der Waals surface area contributed by atoms with E-state index in [1.54, 1.807) is 0 Å². The minimum absolute atomic E-state index is 0.0442. The van der Waals surface area contributed by atoms with Crippen LogP contribution in [0.5, 0.6) is 0 Å². The number of nitrogen functional groups attached to an aromatic ring is 1. The van der Waals surface area contributed by atoms with Crippen LogP contribution in [0.3, 0.4) is 0 Å². The number of nitrogens with two attached hydrogens (primary N) is 1. The summed E-state index contributed by atoms with van der Waals surface area (Å²) in [5.74, 6) is 0.529. The van der Waals surface area contributed by atoms with Gasteiger partial charge in [-0.3, -0.25) is 0 Å². The summed E-state index contributed by atoms with van der Waals surface area (Å²) in [5.41, 5.74) is 7.81. The third kappa shape index (κ3) is 1.23. The number of anilines is 1. The lowest BCUT2D eigenvalue weighted by Crippen LogP contribution is -2.12. The molecule has 74 valence electrons. The van der Waals surface area contributed by atoms with Crippen molar-refractivity contribution >= 4 is 16.7 Å². The number of H-pyrrole nitrogens is 1. The van der Waals surface area contributed by atoms with Gasteiger partial charge in [0, 0.05) is 17.3 Å². The molecule has 0 spiro atoms. The molecule has 4 nitrogen and oxygen atoms in total. The zero-order valence-corrected chi connectivity index (χ0v) is 8.63. The van der Waals surface area contributed by atoms with Crippen LogP contribution < -0.4 is 5.73 Å². The Kier molecular flexibility index (Phi) is 1.74. The summed E-state index contributed by atoms with van der Waals surface area (Å²) >= 11 is 0. The number of nitrogens with zero attached hydrogens (tertiary/aromatic N) is 2. The minimum Gasteiger partial charge on any atom is -0.383 e. The molecule has 2 rings (SSSR count). The molecule has 0 amide bonds. The zero-order chi connectivity index (χ0) is 10.3. The molecule has 2 aromatic rings. The predicted molar refractivity (Wildman–Crippen MR) is 57.0 cm³/mol. The number of nitrogens with one attached hydrogen (secondary N) is 1. The highest BCUT2D eigenvalue weighted by Gasteiger charge is 2.20. The molecule has 0 aliphatic rings. The first-order valence-electron chi connectivity index (χ1n) is 4.58. The van der Waals surface area contributed by atoms with Crippen LogP contribution in [0.25, 0.3) is 10.9 Å². The van der Waals surface area contributed by atoms with Crippen LogP contribution in [0.4, 0.5) is 5.82 Å². The first-order chi connectivity index (χ1) is 6.50. The molecule has 2 aromatic heterocycles. The third-order valence-electron chi connectivity index (χ3n) is 2.26. The van der Waals surface area contributed by atoms with Crippen molar-refractivity contribution < 1.29 is 0 Å². The number of hydrogen-bond donors (Lipinski definition) is 2. The molecule has 0 aliphatic heterocycles. The Morgan fingerprint density at radius 1 is 1.29 bits per heavy atom. The molecule has 3 N–H and O–H groups in total. The summed E-state index contributed by atoms with van der Waals surface area (Å²) in [7, 11) is 0. The van der Waals surface area contributed by atoms with Gasteiger partial charge in [0.2, 0.25) is 0 Å². The van der Waals surface area contributed by atoms with Gasteiger partial charge in [0.25, 0.3) is 0 Å². The summed E-state index contributed by atoms with van der Waals surface area (Å²) in [6, 6.07) is 0. The van der Waals surface area contributed by atoms with E-state index < -0.39 is 0 Å². The largest absolute Gasteiger partial charge is 0.383 e. The molecule has 0 aromatic carbocycles. The number of aromatic nitrogens is 3. The van der Waals surface area contributed by atoms with Crippen LogP contribution in [-0.2, 0) is 5.41 Å². The van der Waals surface area contributed by atoms with Crippen LogP contribution in [0.1, 0.15) is 26.5 Å². The Labute approximate surface area is 82.6 Å². The standard InChI is InChI=1S/C10H14N4/c1-10(2,3)8-7-6(4-12-8)9(11)14-5-13-7/h4-5,12H,1-3H3,(H2,11,13,14). The molecule has 0 saturated heterocycles. The van der Waals surface area contributed by atoms with Crippen LogP contribution in [-0.4, -0.2) is 15.0 Å². The third-order valence-corrected chi connectivity index (χ3v) is 2.26. The maximum Gasteiger partial charge on any atom is 0.136 e. The van der Waals surface area contributed by atoms with E-state index in [2.05, 4.69) is 35.7 Å². The van der Waals surface area contributed by atoms with Gasteiger partial charge in [-0.05, 0) is 0 Å². The lowest BCUT2D eigenvalue weighted by Gasteiger charge is -2.16. The monoisotopic (exact) mass is 190 g/mol. The van der Waals surface area contributed by atoms with Crippen molar-refractivity contribution in [2.75, 3.05) is 5.73 Å². The van der Waals surface area contributed by atoms with Gasteiger partial charge in [0.1, 0.15) is 12.1 Å². The van der Waals surface area contributed by atoms with Crippen molar-refractivity contribution in [1.29, 1.82) is 0 Å². The summed E-state index contributed by atoms with van der Waals surface area (Å²) in [6.07, 6.45) is 3.37. The number of rotatable bonds is 0. The fraction of sp³-hybridized carbons (Fsp3) is 0.400. The average Bonchev–Trinajstić information content (AvgIpc) is 2.47. The van der Waals surface area contributed by atoms with Gasteiger partial charge in [-0.1, -0.05) is 20.8 Å². The molecular formula is C10H14N4. The molecular weight excluding hydrogens is 176 g/mol. The Morgan fingerprint density at radius 2 is 2.00 bits per heavy atom. The topological polar surface area (TPSA) is 67.6 Å². The van der Waals surface area contributed by atoms with E-state index in [0.29, 0.717) is 5.82 Å². The van der Waals surface area contributed by atoms with Crippen molar-refractivity contribution in [2.45, 2.75) is 26.2 Å². The summed E-state index contributed by atoms with van der Waals surface area (Å²) in [6.45, 7) is 6.41. The van der Waals surface area contributed by atoms with Gasteiger partial charge in [-0.15, -0.1) is 0 Å². The quantitative estimate of drug-likeness (QED) is 0.666. The van der Waals surface area contributed by atoms with Crippen molar-refractivity contribution in [1.82, 2.24) is 15.0 Å². The van der Waals surface area contributed by atoms with E-state index in [0.717, 1.165) is 16.6 Å². The van der Waals surface area contributed by atoms with Gasteiger partial charge >= 0.3 is 0 Å². The molecule has 0 radical (unpaired) electrons. The average molecular weight is 190 g/mol. The lowest BCUT2D eigenvalue weighted by atomic mass is 9.91. The first-order valence-corrected chi connectivity index (χ1v) is 4.58. The normalized spacial score (nSPS) is 12.2. The number of fused-ring (bicyclic) bond motifs is 1. The molecule has 0 aliphatic carbocycles. The zero-order valence-electron chi connectivity index (χ0n) is 8.63. The fourth-order valence-electron chi connectivity index (χ4n) is 1.54. The molecule has 0 fully saturated rings. The highest BCUT2D eigenvalue weighted by molar-refractivity contribution is 5.90. The number of aromatic amines is 1. The lowest BCUT2D eigenvalue weighted by molar-refractivity contribution is 0.576. The van der Waals surface area contributed by atoms with Gasteiger partial charge in [0.15, 0.2) is 0 Å². The van der Waals surface area contributed by atoms with Crippen molar-refractivity contribution in [3.8, 4) is 0 Å². The predicted octanol–water partition coefficient (Wildman–Crippen LogP) is 1.84. The molecule has 4 heteroatoms. The SMILES string of the molecule is CC(C)(C)c1[nH]cc2c(N)ncnc12. The summed E-state index contributed by atoms with van der Waals surface area (Å²) in [5, 5.41) is 0.900. The molecule has 2 heterocycles. The van der Waals surface area contributed by atoms with E-state index >= 15 is 0 Å². The number of hydrogen-bond acceptors (Lipinski definition) is 3. The Balaban J connectivity index is 2.76. The minimum atomic E-state index is 0.0442. The van der Waals surface area contributed by atoms with E-state index in [1.165, 1.54) is 6.33 Å². The van der Waals surface area contributed by atoms with E-state index in [-0.39, 0.29) is 5.41 Å². The molecule has 0 unspecified atom stereocenters. The molecule has 0 bridgehead atoms. The van der Waals surface area contributed by atoms with Crippen molar-refractivity contribution in [3.63, 3.8) is 0 Å². The smallest absolute Gasteiger partial charge is 0.136 e. The summed E-state index contributed by atoms with van der Waals surface area (Å²) in [4.78, 5) is 11.4. The van der Waals surface area contributed by atoms with Gasteiger partial charge < -0.3 is 10.7 Å².